The lowest BCUT2D eigenvalue weighted by Gasteiger charge is -2.50. The zero-order valence-electron chi connectivity index (χ0n) is 76.8. The van der Waals surface area contributed by atoms with Gasteiger partial charge in [-0.3, -0.25) is 38.4 Å². The number of aliphatic carboxylic acids is 8. The fraction of sp³-hybridized carbons (Fsp3) is 0.905. The summed E-state index contributed by atoms with van der Waals surface area (Å²) in [7, 11) is 0. The van der Waals surface area contributed by atoms with Gasteiger partial charge < -0.3 is 198 Å². The molecule has 8 rings (SSSR count). The van der Waals surface area contributed by atoms with Crippen molar-refractivity contribution in [3.8, 4) is 0 Å². The molecule has 8 fully saturated rings. The lowest BCUT2D eigenvalue weighted by atomic mass is 9.95. The van der Waals surface area contributed by atoms with E-state index >= 15 is 0 Å². The summed E-state index contributed by atoms with van der Waals surface area (Å²) in [6, 6.07) is 0. The molecule has 39 atom stereocenters. The highest BCUT2D eigenvalue weighted by Crippen LogP contribution is 2.43. The second-order valence-corrected chi connectivity index (χ2v) is 43.8. The minimum absolute atomic E-state index is 0.0195. The number of aliphatic hydroxyl groups is 16. The van der Waals surface area contributed by atoms with Gasteiger partial charge in [-0.2, -0.15) is 94.1 Å². The van der Waals surface area contributed by atoms with Crippen LogP contribution in [0.3, 0.4) is 0 Å². The third-order valence-electron chi connectivity index (χ3n) is 23.5. The Labute approximate surface area is 840 Å². The van der Waals surface area contributed by atoms with Gasteiger partial charge in [0.05, 0.1) is 54.9 Å². The van der Waals surface area contributed by atoms with E-state index in [4.69, 9.17) is 80.9 Å². The molecule has 56 heteroatoms. The van der Waals surface area contributed by atoms with E-state index in [1.807, 2.05) is 6.92 Å². The lowest BCUT2D eigenvalue weighted by molar-refractivity contribution is -0.391. The summed E-state index contributed by atoms with van der Waals surface area (Å²) < 4.78 is 100. The van der Waals surface area contributed by atoms with Crippen molar-refractivity contribution in [2.45, 2.75) is 368 Å². The van der Waals surface area contributed by atoms with Crippen molar-refractivity contribution >= 4 is 142 Å². The van der Waals surface area contributed by atoms with Crippen LogP contribution >= 0.6 is 94.1 Å². The Hall–Kier alpha value is -2.72. The third-order valence-corrected chi connectivity index (χ3v) is 32.7. The van der Waals surface area contributed by atoms with Gasteiger partial charge in [0, 0.05) is 110 Å². The predicted molar refractivity (Wildman–Crippen MR) is 499 cm³/mol. The van der Waals surface area contributed by atoms with Crippen LogP contribution in [-0.2, 0) is 114 Å². The van der Waals surface area contributed by atoms with Crippen LogP contribution in [0.4, 0.5) is 0 Å². The first-order valence-corrected chi connectivity index (χ1v) is 55.6. The average molecular weight is 2170 g/mol. The highest BCUT2D eigenvalue weighted by Gasteiger charge is 2.60. The van der Waals surface area contributed by atoms with Crippen LogP contribution in [0.15, 0.2) is 0 Å². The molecule has 0 aromatic heterocycles. The Balaban J connectivity index is 1.03. The fourth-order valence-electron chi connectivity index (χ4n) is 16.0. The summed E-state index contributed by atoms with van der Waals surface area (Å²) in [5, 5.41) is 267. The Morgan fingerprint density at radius 2 is 0.400 bits per heavy atom. The summed E-state index contributed by atoms with van der Waals surface area (Å²) in [5.74, 6) is -8.46. The maximum Gasteiger partial charge on any atom is 0.303 e. The minimum atomic E-state index is -2.28. The molecule has 8 aliphatic rings. The Morgan fingerprint density at radius 3 is 0.586 bits per heavy atom. The van der Waals surface area contributed by atoms with Crippen molar-refractivity contribution in [2.75, 3.05) is 98.7 Å². The number of rotatable bonds is 66. The Morgan fingerprint density at radius 1 is 0.229 bits per heavy atom. The van der Waals surface area contributed by atoms with Gasteiger partial charge in [0.1, 0.15) is 134 Å². The van der Waals surface area contributed by atoms with E-state index in [9.17, 15) is 156 Å². The summed E-state index contributed by atoms with van der Waals surface area (Å²) in [6.07, 6.45) is -70.6. The summed E-state index contributed by atoms with van der Waals surface area (Å²) >= 11 is 8.97. The second kappa shape index (κ2) is 63.4. The SMILES string of the molecule is CCCCOC1OC(CSCCCC(=O)O)C(OC2OC(CSCCCC(=O)O)C(OC3OC(CSCCCC(=O)O)C(OC4OC(CSCCCC(=O)O)C(OC5OC(CSCCCC(=O)O)C(OC6OC(CSCCCC(=O)O)C(OC7OC(CSCCCC(=O)O)C(OC8OC(CSCCCC(=O)O)CC(O)C8O)C(O)C7O)C(O)C6O)C(O)C5O)C(O)C4O)C(O)C3O)C(O)C2O)C(O)C1O. The van der Waals surface area contributed by atoms with Crippen LogP contribution in [0, 0.1) is 0 Å². The van der Waals surface area contributed by atoms with Gasteiger partial charge in [-0.25, -0.2) is 0 Å². The predicted octanol–water partition coefficient (Wildman–Crippen LogP) is -2.75. The number of carbonyl (C=O) groups is 8. The Bertz CT molecular complexity index is 3610. The van der Waals surface area contributed by atoms with Crippen molar-refractivity contribution in [2.24, 2.45) is 0 Å². The van der Waals surface area contributed by atoms with Crippen molar-refractivity contribution < 1.29 is 237 Å². The van der Waals surface area contributed by atoms with E-state index < -0.39 is 287 Å². The number of carboxylic acid groups (broad SMARTS) is 8. The number of hydrogen-bond donors (Lipinski definition) is 24. The standard InChI is InChI=1S/C84H138O48S8/c1-2-3-20-117-77-63(110)56(103)70(40(119-77)31-134-22-5-13-48(88)89)127-79-65(112)58(105)72(42(121-79)33-136-24-7-15-50(92)93)129-81-67(114)60(107)74(44(123-81)35-138-26-9-17-52(96)97)131-83-69(116)62(109)76(46(125-83)37-140-28-11-19-54(100)101)132-84-68(115)61(108)75(45(124-84)36-139-27-10-18-53(98)99)130-82-66(113)59(106)73(43(122-82)34-137-25-8-16-51(94)95)128-80-64(111)57(104)71(41(120-80)32-135-23-6-14-49(90)91)126-78-55(102)39(85)29-38(118-78)30-133-21-4-12-47(86)87/h38-46,55-85,102-116H,2-37H2,1H3,(H,86,87)(H,88,89)(H,90,91)(H,92,93)(H,94,95)(H,96,97)(H,98,99)(H,100,101). The lowest BCUT2D eigenvalue weighted by Crippen LogP contribution is -2.68. The molecule has 810 valence electrons. The number of ether oxygens (including phenoxy) is 16. The van der Waals surface area contributed by atoms with Gasteiger partial charge in [-0.15, -0.1) is 0 Å². The quantitative estimate of drug-likeness (QED) is 0.0274. The monoisotopic (exact) mass is 2170 g/mol. The molecule has 0 amide bonds. The first kappa shape index (κ1) is 122. The molecule has 0 radical (unpaired) electrons. The summed E-state index contributed by atoms with van der Waals surface area (Å²) in [4.78, 5) is 92.2. The molecule has 48 nitrogen and oxygen atoms in total. The molecule has 0 bridgehead atoms. The molecule has 39 unspecified atom stereocenters. The summed E-state index contributed by atoms with van der Waals surface area (Å²) in [5.41, 5.74) is 0. The maximum atomic E-state index is 12.5. The number of aliphatic hydroxyl groups excluding tert-OH is 16. The molecular weight excluding hydrogens is 2030 g/mol. The molecule has 24 N–H and O–H groups in total. The van der Waals surface area contributed by atoms with Gasteiger partial charge in [0.15, 0.2) is 50.3 Å². The van der Waals surface area contributed by atoms with Gasteiger partial charge in [0.25, 0.3) is 0 Å². The third kappa shape index (κ3) is 38.9. The Kier molecular flexibility index (Phi) is 55.5. The molecule has 8 heterocycles. The first-order valence-electron chi connectivity index (χ1n) is 46.4. The largest absolute Gasteiger partial charge is 0.481 e. The molecule has 0 aromatic carbocycles. The highest BCUT2D eigenvalue weighted by molar-refractivity contribution is 8.00. The number of thioether (sulfide) groups is 8. The van der Waals surface area contributed by atoms with Gasteiger partial charge >= 0.3 is 47.8 Å². The normalized spacial score (nSPS) is 37.6. The molecule has 0 aliphatic carbocycles. The highest BCUT2D eigenvalue weighted by atomic mass is 32.2. The molecule has 8 aliphatic heterocycles. The first-order chi connectivity index (χ1) is 66.7. The molecule has 8 saturated heterocycles. The van der Waals surface area contributed by atoms with Crippen LogP contribution in [0.1, 0.15) is 129 Å². The van der Waals surface area contributed by atoms with Crippen LogP contribution in [-0.4, -0.2) is 509 Å². The topological polar surface area (TPSA) is 770 Å². The van der Waals surface area contributed by atoms with Crippen LogP contribution in [0.2, 0.25) is 0 Å². The van der Waals surface area contributed by atoms with E-state index in [1.165, 1.54) is 23.5 Å². The zero-order valence-corrected chi connectivity index (χ0v) is 83.3. The van der Waals surface area contributed by atoms with E-state index in [0.717, 1.165) is 70.6 Å². The molecular formula is C84H138O48S8. The van der Waals surface area contributed by atoms with Crippen molar-refractivity contribution in [1.29, 1.82) is 0 Å². The maximum absolute atomic E-state index is 12.5. The van der Waals surface area contributed by atoms with Crippen LogP contribution < -0.4 is 0 Å². The number of unbranched alkanes of at least 4 members (excludes halogenated alkanes) is 1. The average Bonchev–Trinajstić information content (AvgIpc) is 0.766. The molecule has 0 saturated carbocycles. The van der Waals surface area contributed by atoms with E-state index in [1.54, 1.807) is 0 Å². The van der Waals surface area contributed by atoms with Crippen LogP contribution in [0.5, 0.6) is 0 Å². The van der Waals surface area contributed by atoms with Crippen molar-refractivity contribution in [3.05, 3.63) is 0 Å². The van der Waals surface area contributed by atoms with Crippen molar-refractivity contribution in [3.63, 3.8) is 0 Å². The van der Waals surface area contributed by atoms with Gasteiger partial charge in [-0.05, 0) is 104 Å². The fourth-order valence-corrected chi connectivity index (χ4v) is 24.1. The van der Waals surface area contributed by atoms with Crippen molar-refractivity contribution in [1.82, 2.24) is 0 Å². The number of hydrogen-bond acceptors (Lipinski definition) is 48. The molecule has 0 spiro atoms. The van der Waals surface area contributed by atoms with Gasteiger partial charge in [-0.1, -0.05) is 13.3 Å². The van der Waals surface area contributed by atoms with E-state index in [0.29, 0.717) is 30.8 Å². The summed E-state index contributed by atoms with van der Waals surface area (Å²) in [6.45, 7) is 2.02. The smallest absolute Gasteiger partial charge is 0.303 e. The van der Waals surface area contributed by atoms with Gasteiger partial charge in [0.2, 0.25) is 0 Å². The van der Waals surface area contributed by atoms with Crippen LogP contribution in [0.25, 0.3) is 0 Å². The number of carboxylic acids is 8. The minimum Gasteiger partial charge on any atom is -0.481 e. The zero-order chi connectivity index (χ0) is 103. The van der Waals surface area contributed by atoms with E-state index in [-0.39, 0.29) is 190 Å². The second-order valence-electron chi connectivity index (χ2n) is 34.6. The molecule has 140 heavy (non-hydrogen) atoms. The molecule has 0 aromatic rings. The van der Waals surface area contributed by atoms with E-state index in [2.05, 4.69) is 0 Å².